The molecular weight excluding hydrogens is 186 g/mol. The quantitative estimate of drug-likeness (QED) is 0.800. The first-order chi connectivity index (χ1) is 7.24. The van der Waals surface area contributed by atoms with Crippen molar-refractivity contribution < 1.29 is 5.11 Å². The van der Waals surface area contributed by atoms with Crippen LogP contribution in [0.3, 0.4) is 0 Å². The first-order valence-electron chi connectivity index (χ1n) is 5.67. The normalized spacial score (nSPS) is 10.4. The fourth-order valence-corrected chi connectivity index (χ4v) is 1.97. The van der Waals surface area contributed by atoms with Gasteiger partial charge in [0.25, 0.3) is 0 Å². The number of rotatable bonds is 5. The second-order valence-electron chi connectivity index (χ2n) is 3.78. The molecule has 0 aliphatic rings. The molecule has 0 aromatic heterocycles. The number of hydrogen-bond donors (Lipinski definition) is 1. The molecule has 0 saturated heterocycles. The van der Waals surface area contributed by atoms with Gasteiger partial charge in [0.2, 0.25) is 0 Å². The molecule has 0 aliphatic heterocycles. The number of anilines is 1. The van der Waals surface area contributed by atoms with Crippen LogP contribution in [0.25, 0.3) is 0 Å². The Morgan fingerprint density at radius 1 is 1.13 bits per heavy atom. The molecule has 0 radical (unpaired) electrons. The van der Waals surface area contributed by atoms with Crippen molar-refractivity contribution in [3.05, 3.63) is 29.3 Å². The number of aliphatic hydroxyl groups is 1. The summed E-state index contributed by atoms with van der Waals surface area (Å²) >= 11 is 0. The van der Waals surface area contributed by atoms with Crippen molar-refractivity contribution >= 4 is 5.69 Å². The Labute approximate surface area is 92.5 Å². The van der Waals surface area contributed by atoms with Crippen molar-refractivity contribution in [3.63, 3.8) is 0 Å². The summed E-state index contributed by atoms with van der Waals surface area (Å²) in [6.45, 7) is 5.25. The Morgan fingerprint density at radius 2 is 1.67 bits per heavy atom. The summed E-state index contributed by atoms with van der Waals surface area (Å²) in [5, 5.41) is 8.98. The Morgan fingerprint density at radius 3 is 2.07 bits per heavy atom. The molecule has 1 N–H and O–H groups in total. The average Bonchev–Trinajstić information content (AvgIpc) is 2.28. The molecule has 2 heteroatoms. The number of nitrogens with zero attached hydrogens (tertiary/aromatic N) is 1. The van der Waals surface area contributed by atoms with Crippen molar-refractivity contribution in [2.24, 2.45) is 0 Å². The number of aryl methyl sites for hydroxylation is 2. The van der Waals surface area contributed by atoms with Crippen LogP contribution in [0.5, 0.6) is 0 Å². The molecule has 0 bridgehead atoms. The van der Waals surface area contributed by atoms with Crippen molar-refractivity contribution in [2.75, 3.05) is 25.1 Å². The predicted octanol–water partition coefficient (Wildman–Crippen LogP) is 2.24. The Bertz CT molecular complexity index is 287. The summed E-state index contributed by atoms with van der Waals surface area (Å²) in [4.78, 5) is 2.15. The van der Waals surface area contributed by atoms with Crippen LogP contribution < -0.4 is 4.90 Å². The van der Waals surface area contributed by atoms with Gasteiger partial charge in [-0.3, -0.25) is 0 Å². The van der Waals surface area contributed by atoms with Gasteiger partial charge in [-0.2, -0.15) is 0 Å². The Kier molecular flexibility index (Phi) is 4.63. The van der Waals surface area contributed by atoms with E-state index in [9.17, 15) is 0 Å². The van der Waals surface area contributed by atoms with Gasteiger partial charge in [-0.05, 0) is 24.0 Å². The number of aliphatic hydroxyl groups excluding tert-OH is 1. The van der Waals surface area contributed by atoms with E-state index in [2.05, 4.69) is 36.9 Å². The first kappa shape index (κ1) is 12.1. The molecule has 0 fully saturated rings. The monoisotopic (exact) mass is 207 g/mol. The number of benzene rings is 1. The van der Waals surface area contributed by atoms with Crippen LogP contribution in [0.2, 0.25) is 0 Å². The summed E-state index contributed by atoms with van der Waals surface area (Å²) in [6.07, 6.45) is 2.08. The highest BCUT2D eigenvalue weighted by Crippen LogP contribution is 2.25. The summed E-state index contributed by atoms with van der Waals surface area (Å²) in [7, 11) is 2.05. The van der Waals surface area contributed by atoms with Crippen LogP contribution in [0.15, 0.2) is 18.2 Å². The lowest BCUT2D eigenvalue weighted by molar-refractivity contribution is 0.304. The van der Waals surface area contributed by atoms with E-state index in [4.69, 9.17) is 5.11 Å². The molecular formula is C13H21NO. The van der Waals surface area contributed by atoms with E-state index in [1.807, 2.05) is 7.05 Å². The highest BCUT2D eigenvalue weighted by atomic mass is 16.3. The van der Waals surface area contributed by atoms with Crippen LogP contribution in [-0.2, 0) is 12.8 Å². The number of likely N-dealkylation sites (N-methyl/N-ethyl adjacent to an activating group) is 1. The van der Waals surface area contributed by atoms with Gasteiger partial charge in [-0.15, -0.1) is 0 Å². The molecule has 0 amide bonds. The summed E-state index contributed by atoms with van der Waals surface area (Å²) in [5.41, 5.74) is 4.03. The van der Waals surface area contributed by atoms with E-state index >= 15 is 0 Å². The van der Waals surface area contributed by atoms with Gasteiger partial charge in [0.1, 0.15) is 0 Å². The lowest BCUT2D eigenvalue weighted by Crippen LogP contribution is -2.23. The van der Waals surface area contributed by atoms with E-state index in [1.54, 1.807) is 0 Å². The Hall–Kier alpha value is -1.02. The fraction of sp³-hybridized carbons (Fsp3) is 0.538. The lowest BCUT2D eigenvalue weighted by Gasteiger charge is -2.24. The number of hydrogen-bond acceptors (Lipinski definition) is 2. The van der Waals surface area contributed by atoms with Crippen LogP contribution in [-0.4, -0.2) is 25.3 Å². The van der Waals surface area contributed by atoms with E-state index in [-0.39, 0.29) is 6.61 Å². The van der Waals surface area contributed by atoms with Crippen LogP contribution in [0.1, 0.15) is 25.0 Å². The smallest absolute Gasteiger partial charge is 0.0606 e. The van der Waals surface area contributed by atoms with Gasteiger partial charge in [-0.1, -0.05) is 32.0 Å². The maximum Gasteiger partial charge on any atom is 0.0606 e. The zero-order valence-corrected chi connectivity index (χ0v) is 9.95. The maximum atomic E-state index is 8.98. The zero-order valence-electron chi connectivity index (χ0n) is 9.95. The third kappa shape index (κ3) is 2.72. The van der Waals surface area contributed by atoms with Crippen molar-refractivity contribution in [2.45, 2.75) is 26.7 Å². The topological polar surface area (TPSA) is 23.5 Å². The molecule has 0 saturated carbocycles. The van der Waals surface area contributed by atoms with Gasteiger partial charge >= 0.3 is 0 Å². The van der Waals surface area contributed by atoms with Gasteiger partial charge in [-0.25, -0.2) is 0 Å². The standard InChI is InChI=1S/C13H21NO/c1-4-11-7-6-8-12(5-2)13(11)14(3)9-10-15/h6-8,15H,4-5,9-10H2,1-3H3. The molecule has 84 valence electrons. The fourth-order valence-electron chi connectivity index (χ4n) is 1.97. The summed E-state index contributed by atoms with van der Waals surface area (Å²) in [6, 6.07) is 6.46. The van der Waals surface area contributed by atoms with Gasteiger partial charge < -0.3 is 10.0 Å². The maximum absolute atomic E-state index is 8.98. The van der Waals surface area contributed by atoms with Gasteiger partial charge in [0, 0.05) is 19.3 Å². The molecule has 2 nitrogen and oxygen atoms in total. The van der Waals surface area contributed by atoms with Crippen LogP contribution in [0.4, 0.5) is 5.69 Å². The molecule has 1 aromatic carbocycles. The lowest BCUT2D eigenvalue weighted by atomic mass is 10.0. The van der Waals surface area contributed by atoms with Gasteiger partial charge in [0.05, 0.1) is 6.61 Å². The minimum atomic E-state index is 0.206. The second-order valence-corrected chi connectivity index (χ2v) is 3.78. The molecule has 15 heavy (non-hydrogen) atoms. The minimum absolute atomic E-state index is 0.206. The van der Waals surface area contributed by atoms with E-state index in [0.29, 0.717) is 6.54 Å². The van der Waals surface area contributed by atoms with Crippen LogP contribution in [0, 0.1) is 0 Å². The van der Waals surface area contributed by atoms with E-state index in [1.165, 1.54) is 16.8 Å². The third-order valence-electron chi connectivity index (χ3n) is 2.78. The summed E-state index contributed by atoms with van der Waals surface area (Å²) in [5.74, 6) is 0. The number of para-hydroxylation sites is 1. The highest BCUT2D eigenvalue weighted by Gasteiger charge is 2.09. The molecule has 1 rings (SSSR count). The summed E-state index contributed by atoms with van der Waals surface area (Å²) < 4.78 is 0. The predicted molar refractivity (Wildman–Crippen MR) is 65.6 cm³/mol. The Balaban J connectivity index is 3.09. The zero-order chi connectivity index (χ0) is 11.3. The second kappa shape index (κ2) is 5.76. The third-order valence-corrected chi connectivity index (χ3v) is 2.78. The van der Waals surface area contributed by atoms with Gasteiger partial charge in [0.15, 0.2) is 0 Å². The van der Waals surface area contributed by atoms with Crippen LogP contribution >= 0.6 is 0 Å². The first-order valence-corrected chi connectivity index (χ1v) is 5.67. The highest BCUT2D eigenvalue weighted by molar-refractivity contribution is 5.59. The van der Waals surface area contributed by atoms with Crippen molar-refractivity contribution in [1.29, 1.82) is 0 Å². The molecule has 0 spiro atoms. The van der Waals surface area contributed by atoms with E-state index in [0.717, 1.165) is 12.8 Å². The molecule has 0 aliphatic carbocycles. The molecule has 0 unspecified atom stereocenters. The minimum Gasteiger partial charge on any atom is -0.395 e. The molecule has 0 heterocycles. The largest absolute Gasteiger partial charge is 0.395 e. The molecule has 0 atom stereocenters. The van der Waals surface area contributed by atoms with E-state index < -0.39 is 0 Å². The van der Waals surface area contributed by atoms with Crippen molar-refractivity contribution in [1.82, 2.24) is 0 Å². The average molecular weight is 207 g/mol. The van der Waals surface area contributed by atoms with Crippen molar-refractivity contribution in [3.8, 4) is 0 Å². The SMILES string of the molecule is CCc1cccc(CC)c1N(C)CCO. The molecule has 1 aromatic rings.